The van der Waals surface area contributed by atoms with Crippen molar-refractivity contribution in [1.82, 2.24) is 0 Å². The number of nitrogens with one attached hydrogen (secondary N) is 2. The van der Waals surface area contributed by atoms with Crippen LogP contribution in [0.4, 0.5) is 16.2 Å². The molecule has 1 aliphatic carbocycles. The van der Waals surface area contributed by atoms with Crippen LogP contribution in [0.3, 0.4) is 0 Å². The third-order valence-corrected chi connectivity index (χ3v) is 4.41. The maximum Gasteiger partial charge on any atom is 0.323 e. The molecular weight excluding hydrogens is 328 g/mol. The van der Waals surface area contributed by atoms with E-state index in [2.05, 4.69) is 10.6 Å². The number of fused-ring (bicyclic) bond motifs is 1. The summed E-state index contributed by atoms with van der Waals surface area (Å²) in [4.78, 5) is 12.3. The van der Waals surface area contributed by atoms with E-state index in [4.69, 9.17) is 16.3 Å². The van der Waals surface area contributed by atoms with Gasteiger partial charge in [0, 0.05) is 17.8 Å². The quantitative estimate of drug-likeness (QED) is 0.790. The number of aryl methyl sites for hydroxylation is 1. The molecule has 2 amide bonds. The van der Waals surface area contributed by atoms with Gasteiger partial charge >= 0.3 is 6.03 Å². The topological polar surface area (TPSA) is 70.6 Å². The van der Waals surface area contributed by atoms with Crippen LogP contribution in [0.25, 0.3) is 0 Å². The molecule has 0 saturated carbocycles. The van der Waals surface area contributed by atoms with Crippen molar-refractivity contribution in [2.24, 2.45) is 0 Å². The Kier molecular flexibility index (Phi) is 4.92. The maximum absolute atomic E-state index is 12.3. The molecule has 2 aromatic carbocycles. The smallest absolute Gasteiger partial charge is 0.323 e. The third kappa shape index (κ3) is 3.63. The van der Waals surface area contributed by atoms with Gasteiger partial charge in [-0.3, -0.25) is 0 Å². The molecule has 1 aliphatic rings. The van der Waals surface area contributed by atoms with Crippen molar-refractivity contribution in [1.29, 1.82) is 0 Å². The van der Waals surface area contributed by atoms with Gasteiger partial charge in [-0.25, -0.2) is 4.79 Å². The van der Waals surface area contributed by atoms with Crippen LogP contribution in [0.15, 0.2) is 36.4 Å². The van der Waals surface area contributed by atoms with E-state index in [1.165, 1.54) is 12.7 Å². The number of amides is 2. The number of aliphatic hydroxyl groups is 1. The summed E-state index contributed by atoms with van der Waals surface area (Å²) in [6.45, 7) is 0. The Morgan fingerprint density at radius 2 is 2.12 bits per heavy atom. The minimum Gasteiger partial charge on any atom is -0.495 e. The zero-order valence-corrected chi connectivity index (χ0v) is 14.1. The van der Waals surface area contributed by atoms with E-state index in [1.54, 1.807) is 18.2 Å². The summed E-state index contributed by atoms with van der Waals surface area (Å²) in [5.41, 5.74) is 3.47. The second kappa shape index (κ2) is 7.11. The third-order valence-electron chi connectivity index (χ3n) is 4.12. The molecule has 0 bridgehead atoms. The van der Waals surface area contributed by atoms with Crippen molar-refractivity contribution in [2.45, 2.75) is 25.4 Å². The first-order valence-electron chi connectivity index (χ1n) is 7.77. The van der Waals surface area contributed by atoms with E-state index in [0.717, 1.165) is 24.1 Å². The van der Waals surface area contributed by atoms with Gasteiger partial charge in [0.15, 0.2) is 0 Å². The molecule has 24 heavy (non-hydrogen) atoms. The van der Waals surface area contributed by atoms with Gasteiger partial charge in [0.1, 0.15) is 5.75 Å². The largest absolute Gasteiger partial charge is 0.495 e. The summed E-state index contributed by atoms with van der Waals surface area (Å²) in [6, 6.07) is 10.5. The first-order valence-corrected chi connectivity index (χ1v) is 8.15. The Hall–Kier alpha value is -2.24. The van der Waals surface area contributed by atoms with E-state index < -0.39 is 0 Å². The molecule has 0 spiro atoms. The number of urea groups is 1. The number of carbonyl (C=O) groups is 1. The van der Waals surface area contributed by atoms with Crippen LogP contribution in [-0.4, -0.2) is 24.4 Å². The first-order chi connectivity index (χ1) is 11.6. The highest BCUT2D eigenvalue weighted by Crippen LogP contribution is 2.29. The lowest BCUT2D eigenvalue weighted by molar-refractivity contribution is 0.159. The van der Waals surface area contributed by atoms with E-state index in [0.29, 0.717) is 22.9 Å². The number of benzene rings is 2. The summed E-state index contributed by atoms with van der Waals surface area (Å²) in [5, 5.41) is 15.9. The second-order valence-electron chi connectivity index (χ2n) is 5.77. The average molecular weight is 347 g/mol. The number of aliphatic hydroxyl groups excluding tert-OH is 1. The molecule has 1 atom stereocenters. The lowest BCUT2D eigenvalue weighted by atomic mass is 9.88. The molecule has 3 rings (SSSR count). The lowest BCUT2D eigenvalue weighted by Crippen LogP contribution is -2.24. The van der Waals surface area contributed by atoms with E-state index in [1.807, 2.05) is 18.2 Å². The predicted octanol–water partition coefficient (Wildman–Crippen LogP) is 3.84. The molecule has 126 valence electrons. The van der Waals surface area contributed by atoms with Gasteiger partial charge in [0.25, 0.3) is 0 Å². The Labute approximate surface area is 145 Å². The normalized spacial score (nSPS) is 16.2. The molecule has 0 saturated heterocycles. The fraction of sp³-hybridized carbons (Fsp3) is 0.278. The molecule has 1 unspecified atom stereocenters. The maximum atomic E-state index is 12.3. The average Bonchev–Trinajstić information content (AvgIpc) is 2.55. The predicted molar refractivity (Wildman–Crippen MR) is 95.1 cm³/mol. The van der Waals surface area contributed by atoms with Crippen LogP contribution >= 0.6 is 11.6 Å². The van der Waals surface area contributed by atoms with Crippen molar-refractivity contribution in [3.8, 4) is 5.75 Å². The monoisotopic (exact) mass is 346 g/mol. The van der Waals surface area contributed by atoms with Crippen molar-refractivity contribution >= 4 is 29.0 Å². The zero-order chi connectivity index (χ0) is 17.1. The van der Waals surface area contributed by atoms with Crippen molar-refractivity contribution in [3.63, 3.8) is 0 Å². The Morgan fingerprint density at radius 1 is 1.29 bits per heavy atom. The lowest BCUT2D eigenvalue weighted by Gasteiger charge is -2.23. The van der Waals surface area contributed by atoms with Gasteiger partial charge in [-0.1, -0.05) is 23.7 Å². The number of hydrogen-bond acceptors (Lipinski definition) is 3. The van der Waals surface area contributed by atoms with Crippen molar-refractivity contribution < 1.29 is 14.6 Å². The molecule has 5 nitrogen and oxygen atoms in total. The summed E-state index contributed by atoms with van der Waals surface area (Å²) >= 11 is 6.06. The van der Waals surface area contributed by atoms with E-state index >= 15 is 0 Å². The molecular formula is C18H19ClN2O3. The van der Waals surface area contributed by atoms with E-state index in [-0.39, 0.29) is 12.1 Å². The fourth-order valence-electron chi connectivity index (χ4n) is 2.92. The number of halogens is 1. The van der Waals surface area contributed by atoms with Gasteiger partial charge in [0.05, 0.1) is 18.2 Å². The van der Waals surface area contributed by atoms with Crippen LogP contribution in [0.2, 0.25) is 5.02 Å². The van der Waals surface area contributed by atoms with Crippen molar-refractivity contribution in [2.75, 3.05) is 17.7 Å². The van der Waals surface area contributed by atoms with Gasteiger partial charge in [-0.05, 0) is 48.2 Å². The first kappa shape index (κ1) is 16.6. The number of methoxy groups -OCH3 is 1. The second-order valence-corrected chi connectivity index (χ2v) is 6.18. The van der Waals surface area contributed by atoms with Crippen molar-refractivity contribution in [3.05, 3.63) is 52.5 Å². The molecule has 6 heteroatoms. The highest BCUT2D eigenvalue weighted by molar-refractivity contribution is 6.32. The molecule has 2 aromatic rings. The minimum atomic E-state index is -0.357. The fourth-order valence-corrected chi connectivity index (χ4v) is 3.17. The molecule has 0 fully saturated rings. The van der Waals surface area contributed by atoms with Crippen LogP contribution in [-0.2, 0) is 12.8 Å². The van der Waals surface area contributed by atoms with Crippen LogP contribution in [0.5, 0.6) is 5.75 Å². The molecule has 0 aromatic heterocycles. The number of rotatable bonds is 3. The Balaban J connectivity index is 1.73. The highest BCUT2D eigenvalue weighted by atomic mass is 35.5. The summed E-state index contributed by atoms with van der Waals surface area (Å²) in [6.07, 6.45) is 1.78. The SMILES string of the molecule is COc1ccc(NC(=O)Nc2cccc3c2CC(O)CC3)cc1Cl. The molecule has 0 heterocycles. The van der Waals surface area contributed by atoms with Crippen LogP contribution in [0, 0.1) is 0 Å². The van der Waals surface area contributed by atoms with E-state index in [9.17, 15) is 9.90 Å². The zero-order valence-electron chi connectivity index (χ0n) is 13.3. The minimum absolute atomic E-state index is 0.357. The summed E-state index contributed by atoms with van der Waals surface area (Å²) in [5.74, 6) is 0.550. The standard InChI is InChI=1S/C18H19ClN2O3/c1-24-17-8-6-12(9-15(17)19)20-18(23)21-16-4-2-3-11-5-7-13(22)10-14(11)16/h2-4,6,8-9,13,22H,5,7,10H2,1H3,(H2,20,21,23). The Morgan fingerprint density at radius 3 is 2.88 bits per heavy atom. The van der Waals surface area contributed by atoms with Crippen LogP contribution < -0.4 is 15.4 Å². The van der Waals surface area contributed by atoms with Crippen LogP contribution in [0.1, 0.15) is 17.5 Å². The Bertz CT molecular complexity index is 764. The number of ether oxygens (including phenoxy) is 1. The molecule has 0 radical (unpaired) electrons. The number of carbonyl (C=O) groups excluding carboxylic acids is 1. The van der Waals surface area contributed by atoms with Gasteiger partial charge in [0.2, 0.25) is 0 Å². The van der Waals surface area contributed by atoms with Gasteiger partial charge < -0.3 is 20.5 Å². The number of hydrogen-bond donors (Lipinski definition) is 3. The van der Waals surface area contributed by atoms with Gasteiger partial charge in [-0.2, -0.15) is 0 Å². The highest BCUT2D eigenvalue weighted by Gasteiger charge is 2.20. The number of anilines is 2. The molecule has 3 N–H and O–H groups in total. The summed E-state index contributed by atoms with van der Waals surface area (Å²) in [7, 11) is 1.54. The van der Waals surface area contributed by atoms with Gasteiger partial charge in [-0.15, -0.1) is 0 Å². The summed E-state index contributed by atoms with van der Waals surface area (Å²) < 4.78 is 5.09. The molecule has 0 aliphatic heterocycles.